The fraction of sp³-hybridized carbons (Fsp3) is 0.424. The zero-order valence-corrected chi connectivity index (χ0v) is 27.3. The lowest BCUT2D eigenvalue weighted by atomic mass is 9.91. The first-order chi connectivity index (χ1) is 22.4. The molecule has 2 aromatic heterocycles. The largest absolute Gasteiger partial charge is 0.385 e. The van der Waals surface area contributed by atoms with Gasteiger partial charge in [0, 0.05) is 49.0 Å². The van der Waals surface area contributed by atoms with Crippen molar-refractivity contribution in [2.75, 3.05) is 30.3 Å². The standard InChI is InChI=1S/C33H39F3N6O4S/c1-20(2)42-31-23(18-38-33(40-31)39-26-11-9-25(10-12-26)37-13-4-14-46-3)15-27(32(42)43)22-16-28(35)30(29(36)17-22)41-47(44,45)19-21-5-7-24(34)8-6-21/h5-8,15-18,20,25-26,37,41H,4,9-14,19H2,1-3H3,(H,38,39,40). The fourth-order valence-corrected chi connectivity index (χ4v) is 7.05. The summed E-state index contributed by atoms with van der Waals surface area (Å²) in [6.07, 6.45) is 6.44. The Bertz CT molecular complexity index is 1860. The molecule has 47 heavy (non-hydrogen) atoms. The maximum atomic E-state index is 15.2. The minimum absolute atomic E-state index is 0.00495. The van der Waals surface area contributed by atoms with E-state index in [2.05, 4.69) is 20.6 Å². The van der Waals surface area contributed by atoms with Gasteiger partial charge in [-0.25, -0.2) is 26.6 Å². The molecule has 2 aromatic carbocycles. The average molecular weight is 673 g/mol. The van der Waals surface area contributed by atoms with Crippen LogP contribution in [0.1, 0.15) is 57.6 Å². The van der Waals surface area contributed by atoms with E-state index in [1.165, 1.54) is 22.8 Å². The third-order valence-electron chi connectivity index (χ3n) is 8.19. The lowest BCUT2D eigenvalue weighted by Gasteiger charge is -2.30. The van der Waals surface area contributed by atoms with Crippen molar-refractivity contribution in [1.29, 1.82) is 0 Å². The first kappa shape index (κ1) is 34.3. The van der Waals surface area contributed by atoms with E-state index in [0.717, 1.165) is 69.5 Å². The Morgan fingerprint density at radius 2 is 1.66 bits per heavy atom. The molecule has 0 radical (unpaired) electrons. The van der Waals surface area contributed by atoms with Crippen molar-refractivity contribution in [1.82, 2.24) is 19.9 Å². The highest BCUT2D eigenvalue weighted by Gasteiger charge is 2.24. The summed E-state index contributed by atoms with van der Waals surface area (Å²) < 4.78 is 77.5. The Morgan fingerprint density at radius 3 is 2.30 bits per heavy atom. The van der Waals surface area contributed by atoms with Gasteiger partial charge in [0.15, 0.2) is 11.6 Å². The number of sulfonamides is 1. The van der Waals surface area contributed by atoms with Gasteiger partial charge in [-0.15, -0.1) is 0 Å². The second-order valence-electron chi connectivity index (χ2n) is 12.1. The van der Waals surface area contributed by atoms with Gasteiger partial charge < -0.3 is 15.4 Å². The highest BCUT2D eigenvalue weighted by atomic mass is 32.2. The smallest absolute Gasteiger partial charge is 0.260 e. The van der Waals surface area contributed by atoms with Crippen molar-refractivity contribution >= 4 is 32.7 Å². The number of anilines is 2. The van der Waals surface area contributed by atoms with Gasteiger partial charge in [0.2, 0.25) is 16.0 Å². The number of hydrogen-bond acceptors (Lipinski definition) is 8. The number of nitrogens with one attached hydrogen (secondary N) is 3. The Morgan fingerprint density at radius 1 is 1.00 bits per heavy atom. The summed E-state index contributed by atoms with van der Waals surface area (Å²) in [4.78, 5) is 22.9. The van der Waals surface area contributed by atoms with Gasteiger partial charge in [0.05, 0.1) is 5.75 Å². The molecule has 1 saturated carbocycles. The zero-order valence-electron chi connectivity index (χ0n) is 26.5. The van der Waals surface area contributed by atoms with E-state index in [4.69, 9.17) is 4.74 Å². The normalized spacial score (nSPS) is 16.9. The number of fused-ring (bicyclic) bond motifs is 1. The van der Waals surface area contributed by atoms with Crippen molar-refractivity contribution in [3.05, 3.63) is 82.0 Å². The summed E-state index contributed by atoms with van der Waals surface area (Å²) in [7, 11) is -2.55. The first-order valence-electron chi connectivity index (χ1n) is 15.6. The number of ether oxygens (including phenoxy) is 1. The maximum Gasteiger partial charge on any atom is 0.260 e. The topological polar surface area (TPSA) is 127 Å². The highest BCUT2D eigenvalue weighted by Crippen LogP contribution is 2.30. The molecule has 2 heterocycles. The number of rotatable bonds is 13. The second-order valence-corrected chi connectivity index (χ2v) is 13.8. The molecular weight excluding hydrogens is 633 g/mol. The third kappa shape index (κ3) is 8.48. The van der Waals surface area contributed by atoms with Crippen LogP contribution < -0.4 is 20.9 Å². The molecule has 0 amide bonds. The molecule has 5 rings (SSSR count). The van der Waals surface area contributed by atoms with Crippen LogP contribution in [0.2, 0.25) is 0 Å². The molecular formula is C33H39F3N6O4S. The number of nitrogens with zero attached hydrogens (tertiary/aromatic N) is 3. The van der Waals surface area contributed by atoms with Gasteiger partial charge in [0.25, 0.3) is 5.56 Å². The van der Waals surface area contributed by atoms with Crippen LogP contribution in [0.15, 0.2) is 53.5 Å². The summed E-state index contributed by atoms with van der Waals surface area (Å²) in [6.45, 7) is 5.26. The molecule has 10 nitrogen and oxygen atoms in total. The predicted molar refractivity (Wildman–Crippen MR) is 176 cm³/mol. The summed E-state index contributed by atoms with van der Waals surface area (Å²) in [6, 6.07) is 8.30. The molecule has 1 aliphatic carbocycles. The van der Waals surface area contributed by atoms with Crippen LogP contribution >= 0.6 is 0 Å². The van der Waals surface area contributed by atoms with Gasteiger partial charge in [-0.1, -0.05) is 12.1 Å². The van der Waals surface area contributed by atoms with Crippen LogP contribution in [0.25, 0.3) is 22.2 Å². The molecule has 1 fully saturated rings. The molecule has 0 spiro atoms. The van der Waals surface area contributed by atoms with Gasteiger partial charge in [-0.2, -0.15) is 4.98 Å². The van der Waals surface area contributed by atoms with Gasteiger partial charge >= 0.3 is 0 Å². The Kier molecular flexibility index (Phi) is 10.8. The molecule has 0 saturated heterocycles. The second kappa shape index (κ2) is 14.8. The van der Waals surface area contributed by atoms with E-state index in [9.17, 15) is 17.6 Å². The average Bonchev–Trinajstić information content (AvgIpc) is 3.02. The highest BCUT2D eigenvalue weighted by molar-refractivity contribution is 7.91. The molecule has 0 bridgehead atoms. The van der Waals surface area contributed by atoms with Gasteiger partial charge in [-0.05, 0) is 94.0 Å². The van der Waals surface area contributed by atoms with E-state index in [-0.39, 0.29) is 28.8 Å². The predicted octanol–water partition coefficient (Wildman–Crippen LogP) is 5.75. The Hall–Kier alpha value is -4.01. The van der Waals surface area contributed by atoms with Gasteiger partial charge in [0.1, 0.15) is 17.2 Å². The number of halogens is 3. The number of hydrogen-bond donors (Lipinski definition) is 3. The number of aromatic nitrogens is 3. The fourth-order valence-electron chi connectivity index (χ4n) is 5.84. The minimum Gasteiger partial charge on any atom is -0.385 e. The van der Waals surface area contributed by atoms with Crippen molar-refractivity contribution < 1.29 is 26.3 Å². The van der Waals surface area contributed by atoms with E-state index in [1.807, 2.05) is 4.72 Å². The van der Waals surface area contributed by atoms with Crippen LogP contribution in [0.5, 0.6) is 0 Å². The quantitative estimate of drug-likeness (QED) is 0.153. The molecule has 0 aliphatic heterocycles. The van der Waals surface area contributed by atoms with Crippen LogP contribution in [0, 0.1) is 17.5 Å². The number of pyridine rings is 1. The van der Waals surface area contributed by atoms with E-state index >= 15 is 8.78 Å². The van der Waals surface area contributed by atoms with Crippen molar-refractivity contribution in [2.24, 2.45) is 0 Å². The van der Waals surface area contributed by atoms with Crippen molar-refractivity contribution in [3.8, 4) is 11.1 Å². The Labute approximate surface area is 271 Å². The lowest BCUT2D eigenvalue weighted by Crippen LogP contribution is -2.37. The van der Waals surface area contributed by atoms with E-state index in [1.54, 1.807) is 27.2 Å². The van der Waals surface area contributed by atoms with Crippen LogP contribution in [0.4, 0.5) is 24.8 Å². The molecule has 0 unspecified atom stereocenters. The number of methoxy groups -OCH3 is 1. The van der Waals surface area contributed by atoms with Crippen LogP contribution in [0.3, 0.4) is 0 Å². The minimum atomic E-state index is -4.25. The summed E-state index contributed by atoms with van der Waals surface area (Å²) in [5, 5.41) is 7.47. The zero-order chi connectivity index (χ0) is 33.7. The summed E-state index contributed by atoms with van der Waals surface area (Å²) >= 11 is 0. The molecule has 3 N–H and O–H groups in total. The molecule has 14 heteroatoms. The monoisotopic (exact) mass is 672 g/mol. The van der Waals surface area contributed by atoms with E-state index < -0.39 is 44.5 Å². The Balaban J connectivity index is 1.36. The number of benzene rings is 2. The summed E-state index contributed by atoms with van der Waals surface area (Å²) in [5.74, 6) is -3.17. The molecule has 1 aliphatic rings. The molecule has 0 atom stereocenters. The van der Waals surface area contributed by atoms with Crippen LogP contribution in [-0.2, 0) is 20.5 Å². The first-order valence-corrected chi connectivity index (χ1v) is 17.2. The van der Waals surface area contributed by atoms with Gasteiger partial charge in [-0.3, -0.25) is 14.1 Å². The van der Waals surface area contributed by atoms with Crippen molar-refractivity contribution in [3.63, 3.8) is 0 Å². The SMILES string of the molecule is COCCCNC1CCC(Nc2ncc3cc(-c4cc(F)c(NS(=O)(=O)Cc5ccc(F)cc5)c(F)c4)c(=O)n(C(C)C)c3n2)CC1. The maximum absolute atomic E-state index is 15.2. The lowest BCUT2D eigenvalue weighted by molar-refractivity contribution is 0.192. The van der Waals surface area contributed by atoms with Crippen LogP contribution in [-0.4, -0.2) is 55.3 Å². The molecule has 252 valence electrons. The van der Waals surface area contributed by atoms with Crippen molar-refractivity contribution in [2.45, 2.75) is 69.8 Å². The van der Waals surface area contributed by atoms with E-state index in [0.29, 0.717) is 23.0 Å². The third-order valence-corrected chi connectivity index (χ3v) is 9.42. The summed E-state index contributed by atoms with van der Waals surface area (Å²) in [5.41, 5.74) is -0.846. The molecule has 4 aromatic rings.